The number of nitrogens with zero attached hydrogens (tertiary/aromatic N) is 1. The second kappa shape index (κ2) is 6.24. The molecule has 2 aliphatic rings. The quantitative estimate of drug-likeness (QED) is 0.800. The molecule has 3 unspecified atom stereocenters. The summed E-state index contributed by atoms with van der Waals surface area (Å²) in [6.45, 7) is 6.54. The fourth-order valence-corrected chi connectivity index (χ4v) is 4.67. The van der Waals surface area contributed by atoms with Crippen molar-refractivity contribution in [1.82, 2.24) is 4.90 Å². The standard InChI is InChI=1S/C18H25NO4S/c1-17(2)14-6-7-18(17,3)16(22)19(15(14)21)9-12(20)10-23-11-13-5-4-8-24-13/h4-5,8,12,14,20H,6-7,9-11H2,1-3H3. The number of fused-ring (bicyclic) bond motifs is 2. The van der Waals surface area contributed by atoms with Crippen molar-refractivity contribution in [3.63, 3.8) is 0 Å². The van der Waals surface area contributed by atoms with Crippen LogP contribution in [-0.2, 0) is 20.9 Å². The number of rotatable bonds is 6. The topological polar surface area (TPSA) is 66.8 Å². The Morgan fingerprint density at radius 3 is 2.83 bits per heavy atom. The molecule has 0 radical (unpaired) electrons. The van der Waals surface area contributed by atoms with Crippen LogP contribution in [0.2, 0.25) is 0 Å². The van der Waals surface area contributed by atoms with Crippen LogP contribution in [0.4, 0.5) is 0 Å². The fraction of sp³-hybridized carbons (Fsp3) is 0.667. The lowest BCUT2D eigenvalue weighted by Crippen LogP contribution is -2.60. The van der Waals surface area contributed by atoms with Crippen LogP contribution < -0.4 is 0 Å². The number of hydrogen-bond acceptors (Lipinski definition) is 5. The Bertz CT molecular complexity index is 627. The third-order valence-electron chi connectivity index (χ3n) is 6.04. The van der Waals surface area contributed by atoms with Crippen LogP contribution in [-0.4, -0.2) is 41.1 Å². The first kappa shape index (κ1) is 17.6. The molecule has 2 bridgehead atoms. The highest BCUT2D eigenvalue weighted by Crippen LogP contribution is 2.59. The maximum absolute atomic E-state index is 12.9. The summed E-state index contributed by atoms with van der Waals surface area (Å²) >= 11 is 1.59. The van der Waals surface area contributed by atoms with Crippen molar-refractivity contribution in [2.45, 2.75) is 46.3 Å². The van der Waals surface area contributed by atoms with E-state index >= 15 is 0 Å². The van der Waals surface area contributed by atoms with Crippen LogP contribution in [0, 0.1) is 16.7 Å². The fourth-order valence-electron chi connectivity index (χ4n) is 4.03. The van der Waals surface area contributed by atoms with Crippen molar-refractivity contribution in [3.8, 4) is 0 Å². The largest absolute Gasteiger partial charge is 0.389 e. The molecule has 3 rings (SSSR count). The van der Waals surface area contributed by atoms with Crippen LogP contribution in [0.1, 0.15) is 38.5 Å². The van der Waals surface area contributed by atoms with Gasteiger partial charge in [-0.3, -0.25) is 14.5 Å². The number of aliphatic hydroxyl groups is 1. The molecule has 2 heterocycles. The van der Waals surface area contributed by atoms with Crippen molar-refractivity contribution >= 4 is 23.2 Å². The molecule has 2 fully saturated rings. The van der Waals surface area contributed by atoms with E-state index in [0.29, 0.717) is 6.61 Å². The van der Waals surface area contributed by atoms with Crippen molar-refractivity contribution in [3.05, 3.63) is 22.4 Å². The highest BCUT2D eigenvalue weighted by Gasteiger charge is 2.64. The third-order valence-corrected chi connectivity index (χ3v) is 6.89. The molecule has 5 nitrogen and oxygen atoms in total. The summed E-state index contributed by atoms with van der Waals surface area (Å²) in [7, 11) is 0. The summed E-state index contributed by atoms with van der Waals surface area (Å²) in [4.78, 5) is 27.9. The number of thiophene rings is 1. The van der Waals surface area contributed by atoms with Gasteiger partial charge in [0.05, 0.1) is 31.3 Å². The number of hydrogen-bond donors (Lipinski definition) is 1. The Morgan fingerprint density at radius 1 is 1.42 bits per heavy atom. The summed E-state index contributed by atoms with van der Waals surface area (Å²) in [5, 5.41) is 12.2. The van der Waals surface area contributed by atoms with E-state index in [-0.39, 0.29) is 36.3 Å². The van der Waals surface area contributed by atoms with E-state index in [4.69, 9.17) is 4.74 Å². The van der Waals surface area contributed by atoms with Gasteiger partial charge in [-0.1, -0.05) is 26.8 Å². The molecule has 0 spiro atoms. The average molecular weight is 351 g/mol. The van der Waals surface area contributed by atoms with Crippen LogP contribution in [0.15, 0.2) is 17.5 Å². The first-order valence-electron chi connectivity index (χ1n) is 8.41. The van der Waals surface area contributed by atoms with Gasteiger partial charge in [-0.05, 0) is 29.7 Å². The van der Waals surface area contributed by atoms with Gasteiger partial charge in [0, 0.05) is 10.8 Å². The monoisotopic (exact) mass is 351 g/mol. The zero-order valence-corrected chi connectivity index (χ0v) is 15.3. The molecular formula is C18H25NO4S. The van der Waals surface area contributed by atoms with E-state index in [1.807, 2.05) is 38.3 Å². The summed E-state index contributed by atoms with van der Waals surface area (Å²) in [6, 6.07) is 3.92. The van der Waals surface area contributed by atoms with Gasteiger partial charge in [0.1, 0.15) is 0 Å². The number of carbonyl (C=O) groups is 2. The van der Waals surface area contributed by atoms with Gasteiger partial charge < -0.3 is 9.84 Å². The van der Waals surface area contributed by atoms with Gasteiger partial charge in [0.2, 0.25) is 11.8 Å². The van der Waals surface area contributed by atoms with Gasteiger partial charge in [-0.25, -0.2) is 0 Å². The molecule has 1 aliphatic carbocycles. The molecule has 3 atom stereocenters. The van der Waals surface area contributed by atoms with Crippen LogP contribution >= 0.6 is 11.3 Å². The molecule has 6 heteroatoms. The lowest BCUT2D eigenvalue weighted by atomic mass is 9.62. The lowest BCUT2D eigenvalue weighted by Gasteiger charge is -2.48. The number of piperidine rings is 1. The number of β-amino-alcohol motifs (C(OH)–C–C–N with tert-alkyl or cyclic N) is 1. The van der Waals surface area contributed by atoms with Crippen molar-refractivity contribution < 1.29 is 19.4 Å². The first-order chi connectivity index (χ1) is 11.3. The molecule has 0 aromatic carbocycles. The van der Waals surface area contributed by atoms with Crippen LogP contribution in [0.5, 0.6) is 0 Å². The van der Waals surface area contributed by atoms with Gasteiger partial charge in [-0.2, -0.15) is 0 Å². The lowest BCUT2D eigenvalue weighted by molar-refractivity contribution is -0.170. The molecule has 1 N–H and O–H groups in total. The zero-order chi connectivity index (χ0) is 17.5. The van der Waals surface area contributed by atoms with Gasteiger partial charge in [0.15, 0.2) is 0 Å². The van der Waals surface area contributed by atoms with Crippen molar-refractivity contribution in [2.75, 3.05) is 13.2 Å². The van der Waals surface area contributed by atoms with E-state index < -0.39 is 11.5 Å². The maximum Gasteiger partial charge on any atom is 0.235 e. The molecule has 2 amide bonds. The van der Waals surface area contributed by atoms with Gasteiger partial charge >= 0.3 is 0 Å². The average Bonchev–Trinajstić information content (AvgIpc) is 3.09. The molecule has 1 aromatic heterocycles. The summed E-state index contributed by atoms with van der Waals surface area (Å²) in [5.41, 5.74) is -0.846. The molecule has 1 aromatic rings. The van der Waals surface area contributed by atoms with Crippen LogP contribution in [0.3, 0.4) is 0 Å². The summed E-state index contributed by atoms with van der Waals surface area (Å²) < 4.78 is 5.50. The van der Waals surface area contributed by atoms with Crippen LogP contribution in [0.25, 0.3) is 0 Å². The molecule has 1 saturated carbocycles. The summed E-state index contributed by atoms with van der Waals surface area (Å²) in [6.07, 6.45) is 0.619. The van der Waals surface area contributed by atoms with Crippen molar-refractivity contribution in [1.29, 1.82) is 0 Å². The Morgan fingerprint density at radius 2 is 2.17 bits per heavy atom. The number of likely N-dealkylation sites (tertiary alicyclic amines) is 1. The molecular weight excluding hydrogens is 326 g/mol. The Hall–Kier alpha value is -1.24. The maximum atomic E-state index is 12.9. The van der Waals surface area contributed by atoms with E-state index in [2.05, 4.69) is 0 Å². The SMILES string of the molecule is CC12CCC(C(=O)N(CC(O)COCc3cccs3)C1=O)C2(C)C. The first-order valence-corrected chi connectivity index (χ1v) is 9.29. The van der Waals surface area contributed by atoms with E-state index in [1.54, 1.807) is 11.3 Å². The normalized spacial score (nSPS) is 30.0. The minimum Gasteiger partial charge on any atom is -0.389 e. The number of imide groups is 1. The Balaban J connectivity index is 1.60. The number of carbonyl (C=O) groups excluding carboxylic acids is 2. The Kier molecular flexibility index (Phi) is 4.57. The minimum absolute atomic E-state index is 0.0181. The minimum atomic E-state index is -0.859. The molecule has 132 valence electrons. The Labute approximate surface area is 146 Å². The summed E-state index contributed by atoms with van der Waals surface area (Å²) in [5.74, 6) is -0.430. The number of ether oxygens (including phenoxy) is 1. The second-order valence-electron chi connectivity index (χ2n) is 7.65. The molecule has 24 heavy (non-hydrogen) atoms. The predicted octanol–water partition coefficient (Wildman–Crippen LogP) is 2.44. The van der Waals surface area contributed by atoms with E-state index in [1.165, 1.54) is 4.90 Å². The third kappa shape index (κ3) is 2.70. The zero-order valence-electron chi connectivity index (χ0n) is 14.4. The van der Waals surface area contributed by atoms with Gasteiger partial charge in [0.25, 0.3) is 0 Å². The van der Waals surface area contributed by atoms with E-state index in [0.717, 1.165) is 17.7 Å². The van der Waals surface area contributed by atoms with Crippen molar-refractivity contribution in [2.24, 2.45) is 16.7 Å². The van der Waals surface area contributed by atoms with E-state index in [9.17, 15) is 14.7 Å². The molecule has 1 saturated heterocycles. The number of amides is 2. The highest BCUT2D eigenvalue weighted by atomic mass is 32.1. The molecule has 1 aliphatic heterocycles. The second-order valence-corrected chi connectivity index (χ2v) is 8.68. The predicted molar refractivity (Wildman–Crippen MR) is 91.3 cm³/mol. The number of aliphatic hydroxyl groups excluding tert-OH is 1. The van der Waals surface area contributed by atoms with Gasteiger partial charge in [-0.15, -0.1) is 11.3 Å². The smallest absolute Gasteiger partial charge is 0.235 e. The highest BCUT2D eigenvalue weighted by molar-refractivity contribution is 7.09.